The highest BCUT2D eigenvalue weighted by atomic mass is 16.3. The topological polar surface area (TPSA) is 83.6 Å². The van der Waals surface area contributed by atoms with Crippen LogP contribution < -0.4 is 0 Å². The number of aromatic nitrogens is 1. The van der Waals surface area contributed by atoms with Gasteiger partial charge in [0.25, 0.3) is 5.91 Å². The predicted octanol–water partition coefficient (Wildman–Crippen LogP) is 4.91. The minimum Gasteiger partial charge on any atom is -0.503 e. The number of furan rings is 1. The maximum Gasteiger partial charge on any atom is 0.290 e. The zero-order chi connectivity index (χ0) is 22.2. The molecule has 1 aliphatic rings. The Morgan fingerprint density at radius 1 is 1.06 bits per heavy atom. The molecule has 0 fully saturated rings. The van der Waals surface area contributed by atoms with Crippen molar-refractivity contribution in [3.8, 4) is 0 Å². The Bertz CT molecular complexity index is 1320. The molecule has 0 radical (unpaired) electrons. The van der Waals surface area contributed by atoms with Gasteiger partial charge >= 0.3 is 0 Å². The number of aliphatic hydroxyl groups is 1. The van der Waals surface area contributed by atoms with Gasteiger partial charge in [-0.15, -0.1) is 0 Å². The summed E-state index contributed by atoms with van der Waals surface area (Å²) in [5.41, 5.74) is 3.22. The molecule has 0 aliphatic carbocycles. The van der Waals surface area contributed by atoms with Crippen molar-refractivity contribution in [2.24, 2.45) is 0 Å². The lowest BCUT2D eigenvalue weighted by molar-refractivity contribution is -0.130. The monoisotopic (exact) mass is 424 g/mol. The normalized spacial score (nSPS) is 16.2. The van der Waals surface area contributed by atoms with Gasteiger partial charge in [-0.3, -0.25) is 14.6 Å². The van der Waals surface area contributed by atoms with Gasteiger partial charge in [-0.1, -0.05) is 48.0 Å². The Hall–Kier alpha value is -4.19. The second kappa shape index (κ2) is 7.81. The van der Waals surface area contributed by atoms with Gasteiger partial charge in [0, 0.05) is 24.3 Å². The van der Waals surface area contributed by atoms with Crippen LogP contribution in [0.3, 0.4) is 0 Å². The number of para-hydroxylation sites is 1. The summed E-state index contributed by atoms with van der Waals surface area (Å²) in [5.74, 6) is -1.56. The minimum atomic E-state index is -0.739. The first kappa shape index (κ1) is 19.8. The number of benzene rings is 2. The zero-order valence-corrected chi connectivity index (χ0v) is 17.4. The molecule has 6 nitrogen and oxygen atoms in total. The van der Waals surface area contributed by atoms with Gasteiger partial charge in [-0.2, -0.15) is 0 Å². The lowest BCUT2D eigenvalue weighted by Gasteiger charge is -2.27. The first-order chi connectivity index (χ1) is 15.5. The van der Waals surface area contributed by atoms with E-state index in [-0.39, 0.29) is 17.9 Å². The van der Waals surface area contributed by atoms with Crippen molar-refractivity contribution in [3.05, 3.63) is 113 Å². The molecule has 3 heterocycles. The molecule has 0 spiro atoms. The molecule has 0 saturated carbocycles. The maximum absolute atomic E-state index is 13.5. The molecule has 1 aliphatic heterocycles. The van der Waals surface area contributed by atoms with Gasteiger partial charge in [-0.05, 0) is 42.3 Å². The van der Waals surface area contributed by atoms with Crippen molar-refractivity contribution in [2.75, 3.05) is 0 Å². The number of carbonyl (C=O) groups excluding carboxylic acids is 2. The van der Waals surface area contributed by atoms with Crippen LogP contribution in [-0.2, 0) is 11.3 Å². The average Bonchev–Trinajstić information content (AvgIpc) is 3.35. The fourth-order valence-electron chi connectivity index (χ4n) is 4.06. The van der Waals surface area contributed by atoms with Crippen LogP contribution in [0.5, 0.6) is 0 Å². The molecule has 0 saturated heterocycles. The van der Waals surface area contributed by atoms with Gasteiger partial charge in [0.2, 0.25) is 5.78 Å². The molecular weight excluding hydrogens is 404 g/mol. The van der Waals surface area contributed by atoms with E-state index in [9.17, 15) is 14.7 Å². The van der Waals surface area contributed by atoms with Gasteiger partial charge in [0.1, 0.15) is 5.58 Å². The number of fused-ring (bicyclic) bond motifs is 1. The number of aliphatic hydroxyl groups excluding tert-OH is 1. The van der Waals surface area contributed by atoms with E-state index in [0.717, 1.165) is 22.1 Å². The summed E-state index contributed by atoms with van der Waals surface area (Å²) in [6.45, 7) is 2.19. The Kier molecular flexibility index (Phi) is 4.82. The Balaban J connectivity index is 1.60. The third kappa shape index (κ3) is 3.36. The molecule has 1 amide bonds. The highest BCUT2D eigenvalue weighted by Gasteiger charge is 2.44. The summed E-state index contributed by atoms with van der Waals surface area (Å²) < 4.78 is 5.75. The predicted molar refractivity (Wildman–Crippen MR) is 119 cm³/mol. The maximum atomic E-state index is 13.5. The minimum absolute atomic E-state index is 0.0203. The van der Waals surface area contributed by atoms with E-state index < -0.39 is 23.5 Å². The SMILES string of the molecule is Cc1ccc(C2C(C(=O)c3cc4ccccc4o3)=C(O)C(=O)N2Cc2ccncc2)cc1. The van der Waals surface area contributed by atoms with Crippen LogP contribution in [0.15, 0.2) is 94.9 Å². The molecule has 2 aromatic heterocycles. The third-order valence-electron chi connectivity index (χ3n) is 5.69. The number of Topliss-reactive ketones (excluding diaryl/α,β-unsaturated/α-hetero) is 1. The zero-order valence-electron chi connectivity index (χ0n) is 17.4. The van der Waals surface area contributed by atoms with Crippen molar-refractivity contribution in [2.45, 2.75) is 19.5 Å². The molecule has 32 heavy (non-hydrogen) atoms. The second-order valence-electron chi connectivity index (χ2n) is 7.84. The number of pyridine rings is 1. The lowest BCUT2D eigenvalue weighted by atomic mass is 9.94. The van der Waals surface area contributed by atoms with Crippen LogP contribution in [0.2, 0.25) is 0 Å². The first-order valence-electron chi connectivity index (χ1n) is 10.3. The largest absolute Gasteiger partial charge is 0.503 e. The van der Waals surface area contributed by atoms with Gasteiger partial charge in [-0.25, -0.2) is 0 Å². The number of nitrogens with zero attached hydrogens (tertiary/aromatic N) is 2. The highest BCUT2D eigenvalue weighted by molar-refractivity contribution is 6.16. The number of ketones is 1. The van der Waals surface area contributed by atoms with E-state index in [4.69, 9.17) is 4.42 Å². The van der Waals surface area contributed by atoms with Crippen LogP contribution in [0.4, 0.5) is 0 Å². The fraction of sp³-hybridized carbons (Fsp3) is 0.115. The van der Waals surface area contributed by atoms with Crippen LogP contribution >= 0.6 is 0 Å². The summed E-state index contributed by atoms with van der Waals surface area (Å²) in [7, 11) is 0. The Labute approximate surface area is 184 Å². The molecular formula is C26H20N2O4. The van der Waals surface area contributed by atoms with Crippen molar-refractivity contribution < 1.29 is 19.1 Å². The number of aryl methyl sites for hydroxylation is 1. The van der Waals surface area contributed by atoms with Gasteiger partial charge in [0.05, 0.1) is 11.6 Å². The Morgan fingerprint density at radius 2 is 1.78 bits per heavy atom. The smallest absolute Gasteiger partial charge is 0.290 e. The van der Waals surface area contributed by atoms with Crippen molar-refractivity contribution in [1.82, 2.24) is 9.88 Å². The van der Waals surface area contributed by atoms with Crippen LogP contribution in [-0.4, -0.2) is 26.7 Å². The molecule has 4 aromatic rings. The van der Waals surface area contributed by atoms with E-state index in [1.807, 2.05) is 49.4 Å². The van der Waals surface area contributed by atoms with Crippen molar-refractivity contribution >= 4 is 22.7 Å². The summed E-state index contributed by atoms with van der Waals surface area (Å²) >= 11 is 0. The van der Waals surface area contributed by atoms with Crippen LogP contribution in [0.25, 0.3) is 11.0 Å². The number of amides is 1. The molecule has 0 bridgehead atoms. The molecule has 1 N–H and O–H groups in total. The standard InChI is InChI=1S/C26H20N2O4/c1-16-6-8-18(9-7-16)23-22(24(29)21-14-19-4-2-3-5-20(19)32-21)25(30)26(31)28(23)15-17-10-12-27-13-11-17/h2-14,23,30H,15H2,1H3. The lowest BCUT2D eigenvalue weighted by Crippen LogP contribution is -2.30. The first-order valence-corrected chi connectivity index (χ1v) is 10.3. The second-order valence-corrected chi connectivity index (χ2v) is 7.84. The average molecular weight is 424 g/mol. The van der Waals surface area contributed by atoms with Crippen LogP contribution in [0, 0.1) is 6.92 Å². The molecule has 5 rings (SSSR count). The molecule has 6 heteroatoms. The van der Waals surface area contributed by atoms with E-state index in [1.165, 1.54) is 4.90 Å². The van der Waals surface area contributed by atoms with E-state index in [1.54, 1.807) is 36.7 Å². The van der Waals surface area contributed by atoms with Crippen molar-refractivity contribution in [3.63, 3.8) is 0 Å². The highest BCUT2D eigenvalue weighted by Crippen LogP contribution is 2.40. The van der Waals surface area contributed by atoms with E-state index in [2.05, 4.69) is 4.98 Å². The number of hydrogen-bond acceptors (Lipinski definition) is 5. The Morgan fingerprint density at radius 3 is 2.50 bits per heavy atom. The quantitative estimate of drug-likeness (QED) is 0.460. The van der Waals surface area contributed by atoms with Crippen molar-refractivity contribution in [1.29, 1.82) is 0 Å². The van der Waals surface area contributed by atoms with Crippen LogP contribution in [0.1, 0.15) is 33.3 Å². The summed E-state index contributed by atoms with van der Waals surface area (Å²) in [6.07, 6.45) is 3.29. The molecule has 2 aromatic carbocycles. The molecule has 1 unspecified atom stereocenters. The summed E-state index contributed by atoms with van der Waals surface area (Å²) in [6, 6.07) is 19.4. The summed E-state index contributed by atoms with van der Waals surface area (Å²) in [5, 5.41) is 11.6. The van der Waals surface area contributed by atoms with Gasteiger partial charge in [0.15, 0.2) is 11.5 Å². The number of hydrogen-bond donors (Lipinski definition) is 1. The van der Waals surface area contributed by atoms with E-state index in [0.29, 0.717) is 5.58 Å². The van der Waals surface area contributed by atoms with Gasteiger partial charge < -0.3 is 14.4 Å². The fourth-order valence-corrected chi connectivity index (χ4v) is 4.06. The molecule has 158 valence electrons. The summed E-state index contributed by atoms with van der Waals surface area (Å²) in [4.78, 5) is 32.1. The van der Waals surface area contributed by atoms with E-state index >= 15 is 0 Å². The molecule has 1 atom stereocenters. The number of rotatable bonds is 5. The third-order valence-corrected chi connectivity index (χ3v) is 5.69. The number of carbonyl (C=O) groups is 2.